The molecule has 0 aliphatic carbocycles. The first-order chi connectivity index (χ1) is 12.1. The number of nitrogens with zero attached hydrogens (tertiary/aromatic N) is 3. The van der Waals surface area contributed by atoms with Gasteiger partial charge < -0.3 is 10.0 Å². The van der Waals surface area contributed by atoms with Crippen LogP contribution in [0.1, 0.15) is 31.9 Å². The second-order valence-corrected chi connectivity index (χ2v) is 6.37. The number of hydrogen-bond donors (Lipinski definition) is 1. The zero-order chi connectivity index (χ0) is 17.8. The fourth-order valence-corrected chi connectivity index (χ4v) is 3.15. The first-order valence-electron chi connectivity index (χ1n) is 8.69. The number of rotatable bonds is 5. The Morgan fingerprint density at radius 3 is 2.64 bits per heavy atom. The van der Waals surface area contributed by atoms with E-state index in [-0.39, 0.29) is 11.7 Å². The molecule has 0 bridgehead atoms. The van der Waals surface area contributed by atoms with Crippen molar-refractivity contribution in [2.75, 3.05) is 18.0 Å². The molecule has 1 aromatic heterocycles. The van der Waals surface area contributed by atoms with Crippen LogP contribution in [0.4, 0.5) is 10.2 Å². The summed E-state index contributed by atoms with van der Waals surface area (Å²) in [7, 11) is 0. The molecule has 3 rings (SSSR count). The average molecular weight is 343 g/mol. The van der Waals surface area contributed by atoms with Crippen molar-refractivity contribution < 1.29 is 14.3 Å². The lowest BCUT2D eigenvalue weighted by Crippen LogP contribution is -2.37. The lowest BCUT2D eigenvalue weighted by Gasteiger charge is -2.31. The van der Waals surface area contributed by atoms with Crippen molar-refractivity contribution in [2.24, 2.45) is 5.92 Å². The van der Waals surface area contributed by atoms with Gasteiger partial charge in [-0.05, 0) is 31.4 Å². The number of halogens is 1. The summed E-state index contributed by atoms with van der Waals surface area (Å²) in [6.07, 6.45) is 2.92. The van der Waals surface area contributed by atoms with E-state index in [0.29, 0.717) is 37.3 Å². The van der Waals surface area contributed by atoms with E-state index < -0.39 is 5.97 Å². The molecule has 1 N–H and O–H groups in total. The highest BCUT2D eigenvalue weighted by atomic mass is 19.1. The first kappa shape index (κ1) is 17.3. The van der Waals surface area contributed by atoms with E-state index in [1.165, 1.54) is 6.07 Å². The second kappa shape index (κ2) is 7.59. The molecule has 0 saturated carbocycles. The maximum Gasteiger partial charge on any atom is 0.306 e. The van der Waals surface area contributed by atoms with Gasteiger partial charge in [0.1, 0.15) is 11.6 Å². The van der Waals surface area contributed by atoms with E-state index in [1.807, 2.05) is 6.07 Å². The van der Waals surface area contributed by atoms with Crippen molar-refractivity contribution in [2.45, 2.75) is 32.6 Å². The second-order valence-electron chi connectivity index (χ2n) is 6.37. The van der Waals surface area contributed by atoms with E-state index in [1.54, 1.807) is 18.2 Å². The van der Waals surface area contributed by atoms with Gasteiger partial charge >= 0.3 is 5.97 Å². The summed E-state index contributed by atoms with van der Waals surface area (Å²) in [6.45, 7) is 3.34. The molecule has 25 heavy (non-hydrogen) atoms. The Morgan fingerprint density at radius 2 is 2.00 bits per heavy atom. The largest absolute Gasteiger partial charge is 0.481 e. The van der Waals surface area contributed by atoms with E-state index in [0.717, 1.165) is 24.4 Å². The summed E-state index contributed by atoms with van der Waals surface area (Å²) >= 11 is 0. The lowest BCUT2D eigenvalue weighted by atomic mass is 9.97. The molecule has 2 heterocycles. The van der Waals surface area contributed by atoms with Crippen LogP contribution >= 0.6 is 0 Å². The van der Waals surface area contributed by atoms with Gasteiger partial charge in [-0.15, -0.1) is 0 Å². The van der Waals surface area contributed by atoms with E-state index in [4.69, 9.17) is 5.11 Å². The molecule has 1 aromatic carbocycles. The van der Waals surface area contributed by atoms with Gasteiger partial charge in [0.15, 0.2) is 5.82 Å². The number of carboxylic acids is 1. The van der Waals surface area contributed by atoms with Crippen LogP contribution in [0.3, 0.4) is 0 Å². The van der Waals surface area contributed by atoms with Crippen LogP contribution in [0, 0.1) is 11.7 Å². The number of anilines is 1. The minimum absolute atomic E-state index is 0.292. The molecule has 0 spiro atoms. The number of aromatic nitrogens is 2. The van der Waals surface area contributed by atoms with E-state index in [9.17, 15) is 9.18 Å². The molecular weight excluding hydrogens is 321 g/mol. The first-order valence-corrected chi connectivity index (χ1v) is 8.69. The summed E-state index contributed by atoms with van der Waals surface area (Å²) in [5.74, 6) is -0.230. The van der Waals surface area contributed by atoms with Crippen LogP contribution in [-0.2, 0) is 11.2 Å². The van der Waals surface area contributed by atoms with Crippen LogP contribution in [0.5, 0.6) is 0 Å². The molecule has 1 aliphatic rings. The summed E-state index contributed by atoms with van der Waals surface area (Å²) < 4.78 is 14.1. The van der Waals surface area contributed by atoms with Gasteiger partial charge in [-0.1, -0.05) is 25.5 Å². The molecule has 1 fully saturated rings. The van der Waals surface area contributed by atoms with Gasteiger partial charge in [0, 0.05) is 24.8 Å². The van der Waals surface area contributed by atoms with E-state index in [2.05, 4.69) is 21.8 Å². The molecule has 132 valence electrons. The highest BCUT2D eigenvalue weighted by Gasteiger charge is 2.25. The van der Waals surface area contributed by atoms with Gasteiger partial charge in [0.05, 0.1) is 11.5 Å². The van der Waals surface area contributed by atoms with Gasteiger partial charge in [-0.2, -0.15) is 0 Å². The Balaban J connectivity index is 1.92. The van der Waals surface area contributed by atoms with Crippen LogP contribution < -0.4 is 4.90 Å². The van der Waals surface area contributed by atoms with Crippen molar-refractivity contribution in [3.8, 4) is 11.4 Å². The Hall–Kier alpha value is -2.50. The number of carbonyl (C=O) groups is 1. The highest BCUT2D eigenvalue weighted by molar-refractivity contribution is 5.70. The van der Waals surface area contributed by atoms with Gasteiger partial charge in [0.25, 0.3) is 0 Å². The maximum absolute atomic E-state index is 14.1. The third-order valence-electron chi connectivity index (χ3n) is 4.55. The fourth-order valence-electron chi connectivity index (χ4n) is 3.15. The van der Waals surface area contributed by atoms with Crippen molar-refractivity contribution in [1.29, 1.82) is 0 Å². The topological polar surface area (TPSA) is 66.3 Å². The number of hydrogen-bond acceptors (Lipinski definition) is 4. The Labute approximate surface area is 146 Å². The Kier molecular flexibility index (Phi) is 5.26. The number of carboxylic acid groups (broad SMARTS) is 1. The average Bonchev–Trinajstić information content (AvgIpc) is 2.62. The molecule has 1 saturated heterocycles. The third-order valence-corrected chi connectivity index (χ3v) is 4.55. The normalized spacial score (nSPS) is 15.4. The standard InChI is InChI=1S/C19H22FN3O2/c1-2-5-14-12-17(23-10-8-13(9-11-23)19(24)25)22-18(21-14)15-6-3-4-7-16(15)20/h3-4,6-7,12-13H,2,5,8-11H2,1H3,(H,24,25). The quantitative estimate of drug-likeness (QED) is 0.899. The van der Waals surface area contributed by atoms with Gasteiger partial charge in [0.2, 0.25) is 0 Å². The summed E-state index contributed by atoms with van der Waals surface area (Å²) in [6, 6.07) is 8.44. The van der Waals surface area contributed by atoms with Crippen LogP contribution in [0.15, 0.2) is 30.3 Å². The zero-order valence-corrected chi connectivity index (χ0v) is 14.3. The molecule has 0 radical (unpaired) electrons. The van der Waals surface area contributed by atoms with Crippen LogP contribution in [-0.4, -0.2) is 34.1 Å². The molecule has 6 heteroatoms. The van der Waals surface area contributed by atoms with Crippen molar-refractivity contribution in [1.82, 2.24) is 9.97 Å². The Morgan fingerprint density at radius 1 is 1.28 bits per heavy atom. The smallest absolute Gasteiger partial charge is 0.306 e. The van der Waals surface area contributed by atoms with Crippen molar-refractivity contribution >= 4 is 11.8 Å². The summed E-state index contributed by atoms with van der Waals surface area (Å²) in [5.41, 5.74) is 1.27. The number of benzene rings is 1. The molecular formula is C19H22FN3O2. The monoisotopic (exact) mass is 343 g/mol. The predicted molar refractivity (Wildman–Crippen MR) is 94.0 cm³/mol. The number of aliphatic carboxylic acids is 1. The van der Waals surface area contributed by atoms with Crippen molar-refractivity contribution in [3.05, 3.63) is 41.8 Å². The van der Waals surface area contributed by atoms with Crippen LogP contribution in [0.2, 0.25) is 0 Å². The van der Waals surface area contributed by atoms with Crippen molar-refractivity contribution in [3.63, 3.8) is 0 Å². The minimum atomic E-state index is -0.735. The third kappa shape index (κ3) is 3.95. The zero-order valence-electron chi connectivity index (χ0n) is 14.3. The summed E-state index contributed by atoms with van der Waals surface area (Å²) in [4.78, 5) is 22.3. The predicted octanol–water partition coefficient (Wildman–Crippen LogP) is 3.54. The molecule has 0 amide bonds. The maximum atomic E-state index is 14.1. The van der Waals surface area contributed by atoms with Crippen LogP contribution in [0.25, 0.3) is 11.4 Å². The number of aryl methyl sites for hydroxylation is 1. The molecule has 0 atom stereocenters. The molecule has 1 aliphatic heterocycles. The SMILES string of the molecule is CCCc1cc(N2CCC(C(=O)O)CC2)nc(-c2ccccc2F)n1. The minimum Gasteiger partial charge on any atom is -0.481 e. The lowest BCUT2D eigenvalue weighted by molar-refractivity contribution is -0.142. The summed E-state index contributed by atoms with van der Waals surface area (Å²) in [5, 5.41) is 9.15. The molecule has 5 nitrogen and oxygen atoms in total. The molecule has 0 unspecified atom stereocenters. The highest BCUT2D eigenvalue weighted by Crippen LogP contribution is 2.26. The molecule has 2 aromatic rings. The Bertz CT molecular complexity index is 758. The fraction of sp³-hybridized carbons (Fsp3) is 0.421. The number of piperidine rings is 1. The van der Waals surface area contributed by atoms with E-state index >= 15 is 0 Å². The van der Waals surface area contributed by atoms with Gasteiger partial charge in [-0.3, -0.25) is 4.79 Å². The van der Waals surface area contributed by atoms with Gasteiger partial charge in [-0.25, -0.2) is 14.4 Å².